The van der Waals surface area contributed by atoms with Crippen LogP contribution in [0, 0.1) is 11.3 Å². The van der Waals surface area contributed by atoms with Crippen molar-refractivity contribution in [2.75, 3.05) is 0 Å². The fourth-order valence-corrected chi connectivity index (χ4v) is 3.29. The lowest BCUT2D eigenvalue weighted by Gasteiger charge is -2.15. The van der Waals surface area contributed by atoms with Crippen LogP contribution in [0.2, 0.25) is 0 Å². The van der Waals surface area contributed by atoms with Gasteiger partial charge in [0.25, 0.3) is 5.91 Å². The van der Waals surface area contributed by atoms with Crippen molar-refractivity contribution in [2.24, 2.45) is 0 Å². The standard InChI is InChI=1S/C26H20N4O/c1-18(20-8-10-21(11-9-20)22-6-4-5-19(15-22)16-27)30-26(31)23-12-13-25(29-17-23)24-7-2-3-14-28-24/h2-15,17-18H,1H3,(H,30,31). The summed E-state index contributed by atoms with van der Waals surface area (Å²) in [4.78, 5) is 21.3. The summed E-state index contributed by atoms with van der Waals surface area (Å²) in [5.41, 5.74) is 5.62. The molecular formula is C26H20N4O. The van der Waals surface area contributed by atoms with E-state index >= 15 is 0 Å². The molecule has 4 aromatic rings. The maximum absolute atomic E-state index is 12.6. The fourth-order valence-electron chi connectivity index (χ4n) is 3.29. The van der Waals surface area contributed by atoms with Crippen molar-refractivity contribution in [3.05, 3.63) is 108 Å². The number of rotatable bonds is 5. The first-order valence-corrected chi connectivity index (χ1v) is 9.93. The normalized spacial score (nSPS) is 11.4. The van der Waals surface area contributed by atoms with Crippen LogP contribution in [0.25, 0.3) is 22.5 Å². The van der Waals surface area contributed by atoms with Gasteiger partial charge in [0.2, 0.25) is 0 Å². The maximum Gasteiger partial charge on any atom is 0.253 e. The smallest absolute Gasteiger partial charge is 0.253 e. The number of amides is 1. The zero-order valence-electron chi connectivity index (χ0n) is 17.0. The molecule has 1 amide bonds. The van der Waals surface area contributed by atoms with E-state index in [1.165, 1.54) is 0 Å². The van der Waals surface area contributed by atoms with E-state index in [1.54, 1.807) is 30.6 Å². The van der Waals surface area contributed by atoms with Gasteiger partial charge in [0.05, 0.1) is 34.6 Å². The fraction of sp³-hybridized carbons (Fsp3) is 0.0769. The molecule has 0 aliphatic carbocycles. The third kappa shape index (κ3) is 4.65. The first-order chi connectivity index (χ1) is 15.1. The van der Waals surface area contributed by atoms with Gasteiger partial charge in [0.15, 0.2) is 0 Å². The average Bonchev–Trinajstić information content (AvgIpc) is 2.84. The lowest BCUT2D eigenvalue weighted by molar-refractivity contribution is 0.0939. The molecular weight excluding hydrogens is 384 g/mol. The van der Waals surface area contributed by atoms with E-state index in [2.05, 4.69) is 21.4 Å². The molecule has 0 fully saturated rings. The molecule has 1 N–H and O–H groups in total. The third-order valence-electron chi connectivity index (χ3n) is 5.04. The second-order valence-corrected chi connectivity index (χ2v) is 7.16. The monoisotopic (exact) mass is 404 g/mol. The van der Waals surface area contributed by atoms with Crippen molar-refractivity contribution >= 4 is 5.91 Å². The maximum atomic E-state index is 12.6. The highest BCUT2D eigenvalue weighted by molar-refractivity contribution is 5.94. The SMILES string of the molecule is CC(NC(=O)c1ccc(-c2ccccn2)nc1)c1ccc(-c2cccc(C#N)c2)cc1. The van der Waals surface area contributed by atoms with Crippen LogP contribution in [0.5, 0.6) is 0 Å². The Morgan fingerprint density at radius 2 is 1.71 bits per heavy atom. The minimum absolute atomic E-state index is 0.164. The number of benzene rings is 2. The quantitative estimate of drug-likeness (QED) is 0.497. The van der Waals surface area contributed by atoms with Gasteiger partial charge < -0.3 is 5.32 Å². The van der Waals surface area contributed by atoms with Gasteiger partial charge in [-0.05, 0) is 60.0 Å². The number of hydrogen-bond acceptors (Lipinski definition) is 4. The van der Waals surface area contributed by atoms with E-state index < -0.39 is 0 Å². The zero-order chi connectivity index (χ0) is 21.6. The summed E-state index contributed by atoms with van der Waals surface area (Å²) < 4.78 is 0. The Labute approximate surface area is 181 Å². The van der Waals surface area contributed by atoms with Gasteiger partial charge in [-0.1, -0.05) is 42.5 Å². The zero-order valence-corrected chi connectivity index (χ0v) is 17.0. The Kier molecular flexibility index (Phi) is 5.82. The molecule has 5 nitrogen and oxygen atoms in total. The molecule has 0 saturated heterocycles. The van der Waals surface area contributed by atoms with Gasteiger partial charge >= 0.3 is 0 Å². The van der Waals surface area contributed by atoms with E-state index in [9.17, 15) is 4.79 Å². The van der Waals surface area contributed by atoms with E-state index in [4.69, 9.17) is 5.26 Å². The Morgan fingerprint density at radius 1 is 0.903 bits per heavy atom. The van der Waals surface area contributed by atoms with E-state index in [0.717, 1.165) is 28.1 Å². The van der Waals surface area contributed by atoms with Crippen molar-refractivity contribution in [1.29, 1.82) is 5.26 Å². The van der Waals surface area contributed by atoms with Crippen LogP contribution >= 0.6 is 0 Å². The van der Waals surface area contributed by atoms with Gasteiger partial charge in [0.1, 0.15) is 0 Å². The summed E-state index contributed by atoms with van der Waals surface area (Å²) in [6.45, 7) is 1.94. The van der Waals surface area contributed by atoms with E-state index in [1.807, 2.05) is 67.6 Å². The Balaban J connectivity index is 1.43. The average molecular weight is 404 g/mol. The summed E-state index contributed by atoms with van der Waals surface area (Å²) in [6.07, 6.45) is 3.28. The number of carbonyl (C=O) groups excluding carboxylic acids is 1. The number of nitrogens with one attached hydrogen (secondary N) is 1. The largest absolute Gasteiger partial charge is 0.345 e. The second kappa shape index (κ2) is 9.02. The van der Waals surface area contributed by atoms with Crippen molar-refractivity contribution in [1.82, 2.24) is 15.3 Å². The molecule has 2 heterocycles. The predicted octanol–water partition coefficient (Wildman–Crippen LogP) is 5.17. The molecule has 0 aliphatic rings. The molecule has 0 bridgehead atoms. The van der Waals surface area contributed by atoms with E-state index in [0.29, 0.717) is 11.1 Å². The van der Waals surface area contributed by atoms with Crippen molar-refractivity contribution in [3.8, 4) is 28.6 Å². The van der Waals surface area contributed by atoms with Crippen molar-refractivity contribution in [2.45, 2.75) is 13.0 Å². The number of pyridine rings is 2. The number of nitrogens with zero attached hydrogens (tertiary/aromatic N) is 3. The van der Waals surface area contributed by atoms with Crippen LogP contribution in [-0.4, -0.2) is 15.9 Å². The van der Waals surface area contributed by atoms with E-state index in [-0.39, 0.29) is 11.9 Å². The minimum atomic E-state index is -0.182. The molecule has 31 heavy (non-hydrogen) atoms. The molecule has 0 spiro atoms. The number of aromatic nitrogens is 2. The Bertz CT molecular complexity index is 1230. The van der Waals surface area contributed by atoms with Crippen LogP contribution in [0.3, 0.4) is 0 Å². The van der Waals surface area contributed by atoms with Gasteiger partial charge in [-0.2, -0.15) is 5.26 Å². The molecule has 1 atom stereocenters. The lowest BCUT2D eigenvalue weighted by atomic mass is 10.00. The molecule has 2 aromatic carbocycles. The van der Waals surface area contributed by atoms with Crippen LogP contribution in [0.1, 0.15) is 34.5 Å². The lowest BCUT2D eigenvalue weighted by Crippen LogP contribution is -2.26. The topological polar surface area (TPSA) is 78.7 Å². The molecule has 0 aliphatic heterocycles. The number of hydrogen-bond donors (Lipinski definition) is 1. The Morgan fingerprint density at radius 3 is 2.39 bits per heavy atom. The summed E-state index contributed by atoms with van der Waals surface area (Å²) in [7, 11) is 0. The molecule has 0 saturated carbocycles. The van der Waals surface area contributed by atoms with Gasteiger partial charge in [0, 0.05) is 12.4 Å². The van der Waals surface area contributed by atoms with Crippen molar-refractivity contribution < 1.29 is 4.79 Å². The van der Waals surface area contributed by atoms with Crippen LogP contribution < -0.4 is 5.32 Å². The third-order valence-corrected chi connectivity index (χ3v) is 5.04. The van der Waals surface area contributed by atoms with Gasteiger partial charge in [-0.15, -0.1) is 0 Å². The summed E-state index contributed by atoms with van der Waals surface area (Å²) in [5.74, 6) is -0.182. The van der Waals surface area contributed by atoms with Gasteiger partial charge in [-0.3, -0.25) is 14.8 Å². The molecule has 4 rings (SSSR count). The van der Waals surface area contributed by atoms with Crippen LogP contribution in [0.15, 0.2) is 91.3 Å². The second-order valence-electron chi connectivity index (χ2n) is 7.16. The Hall–Kier alpha value is -4.30. The summed E-state index contributed by atoms with van der Waals surface area (Å²) >= 11 is 0. The predicted molar refractivity (Wildman–Crippen MR) is 120 cm³/mol. The molecule has 0 radical (unpaired) electrons. The number of carbonyl (C=O) groups is 1. The number of nitriles is 1. The molecule has 5 heteroatoms. The summed E-state index contributed by atoms with van der Waals surface area (Å²) in [5, 5.41) is 12.1. The molecule has 2 aromatic heterocycles. The first-order valence-electron chi connectivity index (χ1n) is 9.93. The minimum Gasteiger partial charge on any atom is -0.345 e. The first kappa shape index (κ1) is 20.0. The molecule has 1 unspecified atom stereocenters. The van der Waals surface area contributed by atoms with Crippen LogP contribution in [0.4, 0.5) is 0 Å². The van der Waals surface area contributed by atoms with Gasteiger partial charge in [-0.25, -0.2) is 0 Å². The summed E-state index contributed by atoms with van der Waals surface area (Å²) in [6, 6.07) is 26.6. The van der Waals surface area contributed by atoms with Crippen molar-refractivity contribution in [3.63, 3.8) is 0 Å². The molecule has 150 valence electrons. The van der Waals surface area contributed by atoms with Crippen LogP contribution in [-0.2, 0) is 0 Å². The highest BCUT2D eigenvalue weighted by Crippen LogP contribution is 2.23. The highest BCUT2D eigenvalue weighted by atomic mass is 16.1. The highest BCUT2D eigenvalue weighted by Gasteiger charge is 2.13.